The lowest BCUT2D eigenvalue weighted by atomic mass is 9.84. The minimum atomic E-state index is 0.108. The average Bonchev–Trinajstić information content (AvgIpc) is 3.42. The number of nitrogens with zero attached hydrogens (tertiary/aromatic N) is 3. The molecule has 2 fully saturated rings. The third kappa shape index (κ3) is 3.18. The van der Waals surface area contributed by atoms with Crippen LogP contribution in [0.2, 0.25) is 0 Å². The summed E-state index contributed by atoms with van der Waals surface area (Å²) in [4.78, 5) is 17.3. The van der Waals surface area contributed by atoms with Crippen LogP contribution < -0.4 is 5.32 Å². The van der Waals surface area contributed by atoms with Gasteiger partial charge in [0.1, 0.15) is 0 Å². The second-order valence-corrected chi connectivity index (χ2v) is 9.27. The van der Waals surface area contributed by atoms with E-state index in [1.807, 2.05) is 29.4 Å². The van der Waals surface area contributed by atoms with E-state index in [-0.39, 0.29) is 18.0 Å². The van der Waals surface area contributed by atoms with Crippen molar-refractivity contribution in [3.8, 4) is 0 Å². The molecule has 2 saturated carbocycles. The molecule has 1 aromatic rings. The number of benzene rings is 1. The van der Waals surface area contributed by atoms with Gasteiger partial charge in [0.05, 0.1) is 17.5 Å². The molecule has 6 heteroatoms. The van der Waals surface area contributed by atoms with Crippen molar-refractivity contribution in [3.63, 3.8) is 0 Å². The Morgan fingerprint density at radius 2 is 2.22 bits per heavy atom. The molecule has 5 atom stereocenters. The molecule has 1 amide bonds. The van der Waals surface area contributed by atoms with E-state index in [9.17, 15) is 4.79 Å². The number of amidine groups is 1. The number of hydrogen-bond acceptors (Lipinski definition) is 5. The molecule has 2 aliphatic heterocycles. The molecule has 5 rings (SSSR count). The van der Waals surface area contributed by atoms with Crippen molar-refractivity contribution in [1.82, 2.24) is 10.3 Å². The molecule has 2 heterocycles. The lowest BCUT2D eigenvalue weighted by Gasteiger charge is -2.30. The summed E-state index contributed by atoms with van der Waals surface area (Å²) in [6.45, 7) is 2.18. The van der Waals surface area contributed by atoms with Gasteiger partial charge in [0.15, 0.2) is 5.17 Å². The molecule has 5 unspecified atom stereocenters. The van der Waals surface area contributed by atoms with E-state index in [2.05, 4.69) is 23.4 Å². The fraction of sp³-hybridized carbons (Fsp3) is 0.571. The number of carbonyl (C=O) groups is 1. The standard InChI is InChI=1S/C21H26N4OS/c1-13(17-11-14-6-7-15(17)10-14)23-20(26)12-27-21-24-18-5-3-2-4-16(18)19-8-9-22-25(19)21/h2-5,9,13-15,17,19H,6-8,10-12H2,1H3,(H,23,26). The van der Waals surface area contributed by atoms with Crippen LogP contribution in [0.3, 0.4) is 0 Å². The number of nitrogens with one attached hydrogen (secondary N) is 1. The summed E-state index contributed by atoms with van der Waals surface area (Å²) in [7, 11) is 0. The Labute approximate surface area is 164 Å². The molecule has 5 nitrogen and oxygen atoms in total. The Balaban J connectivity index is 1.21. The van der Waals surface area contributed by atoms with Crippen LogP contribution in [-0.2, 0) is 4.79 Å². The van der Waals surface area contributed by atoms with Crippen molar-refractivity contribution in [2.45, 2.75) is 51.1 Å². The highest BCUT2D eigenvalue weighted by molar-refractivity contribution is 8.14. The van der Waals surface area contributed by atoms with Crippen molar-refractivity contribution in [2.24, 2.45) is 27.8 Å². The molecule has 0 saturated heterocycles. The summed E-state index contributed by atoms with van der Waals surface area (Å²) in [6, 6.07) is 8.73. The third-order valence-electron chi connectivity index (χ3n) is 6.69. The first kappa shape index (κ1) is 17.3. The van der Waals surface area contributed by atoms with Crippen molar-refractivity contribution in [1.29, 1.82) is 0 Å². The van der Waals surface area contributed by atoms with Gasteiger partial charge < -0.3 is 5.32 Å². The van der Waals surface area contributed by atoms with E-state index < -0.39 is 0 Å². The minimum absolute atomic E-state index is 0.108. The van der Waals surface area contributed by atoms with Crippen LogP contribution in [0.15, 0.2) is 34.4 Å². The summed E-state index contributed by atoms with van der Waals surface area (Å²) < 4.78 is 0. The van der Waals surface area contributed by atoms with Crippen LogP contribution in [0.5, 0.6) is 0 Å². The molecule has 0 spiro atoms. The van der Waals surface area contributed by atoms with E-state index in [1.54, 1.807) is 0 Å². The monoisotopic (exact) mass is 382 g/mol. The smallest absolute Gasteiger partial charge is 0.230 e. The van der Waals surface area contributed by atoms with Gasteiger partial charge >= 0.3 is 0 Å². The average molecular weight is 383 g/mol. The number of amides is 1. The van der Waals surface area contributed by atoms with Crippen molar-refractivity contribution >= 4 is 34.7 Å². The predicted octanol–water partition coefficient (Wildman–Crippen LogP) is 4.09. The normalized spacial score (nSPS) is 31.4. The van der Waals surface area contributed by atoms with E-state index >= 15 is 0 Å². The Kier molecular flexibility index (Phi) is 4.46. The third-order valence-corrected chi connectivity index (χ3v) is 7.64. The molecule has 0 radical (unpaired) electrons. The van der Waals surface area contributed by atoms with Crippen LogP contribution in [0.4, 0.5) is 5.69 Å². The molecule has 2 aliphatic carbocycles. The number of hydrazone groups is 1. The first-order valence-electron chi connectivity index (χ1n) is 10.1. The number of rotatable bonds is 4. The van der Waals surface area contributed by atoms with Gasteiger partial charge in [-0.15, -0.1) is 0 Å². The zero-order valence-corrected chi connectivity index (χ0v) is 16.5. The summed E-state index contributed by atoms with van der Waals surface area (Å²) in [5, 5.41) is 10.5. The van der Waals surface area contributed by atoms with Crippen molar-refractivity contribution in [3.05, 3.63) is 29.8 Å². The summed E-state index contributed by atoms with van der Waals surface area (Å²) in [6.07, 6.45) is 8.27. The molecule has 0 aromatic heterocycles. The number of thioether (sulfide) groups is 1. The topological polar surface area (TPSA) is 57.1 Å². The van der Waals surface area contributed by atoms with Gasteiger partial charge in [-0.05, 0) is 50.0 Å². The zero-order valence-electron chi connectivity index (χ0n) is 15.7. The Morgan fingerprint density at radius 1 is 1.33 bits per heavy atom. The zero-order chi connectivity index (χ0) is 18.4. The van der Waals surface area contributed by atoms with Crippen LogP contribution in [0, 0.1) is 17.8 Å². The first-order chi connectivity index (χ1) is 13.2. The van der Waals surface area contributed by atoms with Crippen LogP contribution in [0.25, 0.3) is 0 Å². The lowest BCUT2D eigenvalue weighted by molar-refractivity contribution is -0.119. The maximum Gasteiger partial charge on any atom is 0.230 e. The molecule has 27 heavy (non-hydrogen) atoms. The fourth-order valence-corrected chi connectivity index (χ4v) is 6.23. The van der Waals surface area contributed by atoms with Gasteiger partial charge in [0.2, 0.25) is 5.91 Å². The van der Waals surface area contributed by atoms with Crippen molar-refractivity contribution < 1.29 is 4.79 Å². The number of para-hydroxylation sites is 1. The quantitative estimate of drug-likeness (QED) is 0.853. The highest BCUT2D eigenvalue weighted by Gasteiger charge is 2.42. The van der Waals surface area contributed by atoms with Crippen LogP contribution in [0.1, 0.15) is 50.6 Å². The highest BCUT2D eigenvalue weighted by Crippen LogP contribution is 2.49. The van der Waals surface area contributed by atoms with Crippen LogP contribution in [-0.4, -0.2) is 34.1 Å². The molecular weight excluding hydrogens is 356 g/mol. The lowest BCUT2D eigenvalue weighted by Crippen LogP contribution is -2.41. The van der Waals surface area contributed by atoms with Crippen molar-refractivity contribution in [2.75, 3.05) is 5.75 Å². The Morgan fingerprint density at radius 3 is 3.04 bits per heavy atom. The second-order valence-electron chi connectivity index (χ2n) is 8.33. The van der Waals surface area contributed by atoms with Gasteiger partial charge in [-0.1, -0.05) is 36.4 Å². The predicted molar refractivity (Wildman–Crippen MR) is 110 cm³/mol. The van der Waals surface area contributed by atoms with E-state index in [0.29, 0.717) is 11.7 Å². The van der Waals surface area contributed by atoms with E-state index in [1.165, 1.54) is 43.0 Å². The van der Waals surface area contributed by atoms with Gasteiger partial charge in [0, 0.05) is 24.2 Å². The molecule has 142 valence electrons. The molecule has 1 aromatic carbocycles. The summed E-state index contributed by atoms with van der Waals surface area (Å²) >= 11 is 1.50. The van der Waals surface area contributed by atoms with Crippen LogP contribution >= 0.6 is 11.8 Å². The summed E-state index contributed by atoms with van der Waals surface area (Å²) in [5.74, 6) is 2.91. The SMILES string of the molecule is CC(NC(=O)CSC1=Nc2ccccc2C2CC=NN12)C1CC2CCC1C2. The number of carbonyl (C=O) groups excluding carboxylic acids is 1. The van der Waals surface area contributed by atoms with Gasteiger partial charge in [-0.2, -0.15) is 5.10 Å². The largest absolute Gasteiger partial charge is 0.353 e. The molecule has 2 bridgehead atoms. The maximum absolute atomic E-state index is 12.6. The highest BCUT2D eigenvalue weighted by atomic mass is 32.2. The van der Waals surface area contributed by atoms with Gasteiger partial charge in [-0.3, -0.25) is 4.79 Å². The van der Waals surface area contributed by atoms with Gasteiger partial charge in [-0.25, -0.2) is 10.0 Å². The molecule has 4 aliphatic rings. The fourth-order valence-electron chi connectivity index (χ4n) is 5.42. The number of aliphatic imine (C=N–C) groups is 1. The Bertz CT molecular complexity index is 807. The second kappa shape index (κ2) is 6.97. The number of hydrogen-bond donors (Lipinski definition) is 1. The number of fused-ring (bicyclic) bond motifs is 5. The summed E-state index contributed by atoms with van der Waals surface area (Å²) in [5.41, 5.74) is 2.22. The minimum Gasteiger partial charge on any atom is -0.353 e. The Hall–Kier alpha value is -1.82. The van der Waals surface area contributed by atoms with E-state index in [0.717, 1.165) is 29.1 Å². The first-order valence-corrected chi connectivity index (χ1v) is 11.1. The van der Waals surface area contributed by atoms with E-state index in [4.69, 9.17) is 4.99 Å². The molecule has 1 N–H and O–H groups in total. The molecular formula is C21H26N4OS. The maximum atomic E-state index is 12.6. The van der Waals surface area contributed by atoms with Gasteiger partial charge in [0.25, 0.3) is 0 Å².